The van der Waals surface area contributed by atoms with Crippen molar-refractivity contribution in [1.29, 1.82) is 0 Å². The van der Waals surface area contributed by atoms with Gasteiger partial charge in [0.2, 0.25) is 0 Å². The molecule has 2 aromatic carbocycles. The number of carbonyl (C=O) groups is 1. The summed E-state index contributed by atoms with van der Waals surface area (Å²) < 4.78 is 11.1. The van der Waals surface area contributed by atoms with Crippen molar-refractivity contribution in [2.75, 3.05) is 7.11 Å². The van der Waals surface area contributed by atoms with Crippen LogP contribution >= 0.6 is 0 Å². The second-order valence-corrected chi connectivity index (χ2v) is 5.24. The lowest BCUT2D eigenvalue weighted by Gasteiger charge is -2.15. The molecule has 0 N–H and O–H groups in total. The summed E-state index contributed by atoms with van der Waals surface area (Å²) in [5, 5.41) is 0. The highest BCUT2D eigenvalue weighted by molar-refractivity contribution is 5.92. The summed E-state index contributed by atoms with van der Waals surface area (Å²) in [7, 11) is 1.59. The van der Waals surface area contributed by atoms with Gasteiger partial charge in [0.05, 0.1) is 18.4 Å². The van der Waals surface area contributed by atoms with Crippen LogP contribution in [0.15, 0.2) is 66.9 Å². The van der Waals surface area contributed by atoms with Crippen LogP contribution in [-0.2, 0) is 0 Å². The van der Waals surface area contributed by atoms with Crippen LogP contribution in [0.4, 0.5) is 0 Å². The standard InChI is InChI=1S/C20H17NO3/c1-14-18(23-2)12-11-16(17-10-6-7-13-21-17)19(14)24-20(22)15-8-4-3-5-9-15/h3-13H,1-2H3. The maximum Gasteiger partial charge on any atom is 0.343 e. The minimum absolute atomic E-state index is 0.413. The van der Waals surface area contributed by atoms with Crippen LogP contribution < -0.4 is 9.47 Å². The van der Waals surface area contributed by atoms with Crippen LogP contribution in [0, 0.1) is 6.92 Å². The number of aromatic nitrogens is 1. The third-order valence-electron chi connectivity index (χ3n) is 3.72. The van der Waals surface area contributed by atoms with E-state index in [-0.39, 0.29) is 0 Å². The zero-order valence-corrected chi connectivity index (χ0v) is 13.5. The Balaban J connectivity index is 2.06. The van der Waals surface area contributed by atoms with Gasteiger partial charge in [-0.05, 0) is 43.3 Å². The molecule has 0 saturated carbocycles. The predicted molar refractivity (Wildman–Crippen MR) is 92.4 cm³/mol. The molecule has 1 aromatic heterocycles. The summed E-state index contributed by atoms with van der Waals surface area (Å²) in [5.74, 6) is 0.705. The summed E-state index contributed by atoms with van der Waals surface area (Å²) in [4.78, 5) is 16.8. The smallest absolute Gasteiger partial charge is 0.343 e. The van der Waals surface area contributed by atoms with Gasteiger partial charge in [0.1, 0.15) is 11.5 Å². The van der Waals surface area contributed by atoms with Gasteiger partial charge in [-0.2, -0.15) is 0 Å². The Morgan fingerprint density at radius 2 is 1.71 bits per heavy atom. The molecule has 0 aliphatic rings. The maximum atomic E-state index is 12.5. The highest BCUT2D eigenvalue weighted by Gasteiger charge is 2.18. The van der Waals surface area contributed by atoms with Crippen molar-refractivity contribution in [3.05, 3.63) is 78.0 Å². The second-order valence-electron chi connectivity index (χ2n) is 5.24. The Hall–Kier alpha value is -3.14. The van der Waals surface area contributed by atoms with E-state index < -0.39 is 5.97 Å². The number of hydrogen-bond acceptors (Lipinski definition) is 4. The summed E-state index contributed by atoms with van der Waals surface area (Å²) >= 11 is 0. The summed E-state index contributed by atoms with van der Waals surface area (Å²) in [6.45, 7) is 1.86. The number of pyridine rings is 1. The molecular weight excluding hydrogens is 302 g/mol. The number of carbonyl (C=O) groups excluding carboxylic acids is 1. The van der Waals surface area contributed by atoms with Crippen molar-refractivity contribution in [2.45, 2.75) is 6.92 Å². The number of esters is 1. The maximum absolute atomic E-state index is 12.5. The molecule has 0 atom stereocenters. The van der Waals surface area contributed by atoms with Crippen molar-refractivity contribution in [3.8, 4) is 22.8 Å². The fraction of sp³-hybridized carbons (Fsp3) is 0.100. The van der Waals surface area contributed by atoms with Gasteiger partial charge in [-0.3, -0.25) is 4.98 Å². The Morgan fingerprint density at radius 3 is 2.38 bits per heavy atom. The van der Waals surface area contributed by atoms with Crippen LogP contribution in [-0.4, -0.2) is 18.1 Å². The number of hydrogen-bond donors (Lipinski definition) is 0. The molecule has 3 aromatic rings. The van der Waals surface area contributed by atoms with Crippen molar-refractivity contribution < 1.29 is 14.3 Å². The van der Waals surface area contributed by atoms with E-state index >= 15 is 0 Å². The quantitative estimate of drug-likeness (QED) is 0.532. The van der Waals surface area contributed by atoms with Crippen LogP contribution in [0.5, 0.6) is 11.5 Å². The molecule has 0 unspecified atom stereocenters. The van der Waals surface area contributed by atoms with Gasteiger partial charge < -0.3 is 9.47 Å². The van der Waals surface area contributed by atoms with Gasteiger partial charge in [-0.15, -0.1) is 0 Å². The molecule has 24 heavy (non-hydrogen) atoms. The summed E-state index contributed by atoms with van der Waals surface area (Å²) in [5.41, 5.74) is 2.73. The van der Waals surface area contributed by atoms with E-state index in [9.17, 15) is 4.79 Å². The van der Waals surface area contributed by atoms with Crippen LogP contribution in [0.2, 0.25) is 0 Å². The Bertz CT molecular complexity index is 846. The van der Waals surface area contributed by atoms with Crippen molar-refractivity contribution in [2.24, 2.45) is 0 Å². The van der Waals surface area contributed by atoms with Gasteiger partial charge in [0.25, 0.3) is 0 Å². The first kappa shape index (κ1) is 15.7. The van der Waals surface area contributed by atoms with Crippen LogP contribution in [0.25, 0.3) is 11.3 Å². The molecule has 0 bridgehead atoms. The molecule has 4 heteroatoms. The van der Waals surface area contributed by atoms with E-state index in [1.165, 1.54) is 0 Å². The zero-order chi connectivity index (χ0) is 16.9. The van der Waals surface area contributed by atoms with Crippen molar-refractivity contribution in [1.82, 2.24) is 4.98 Å². The molecule has 120 valence electrons. The average molecular weight is 319 g/mol. The van der Waals surface area contributed by atoms with E-state index in [0.29, 0.717) is 17.1 Å². The minimum Gasteiger partial charge on any atom is -0.496 e. The molecule has 0 saturated heterocycles. The van der Waals surface area contributed by atoms with E-state index in [2.05, 4.69) is 4.98 Å². The van der Waals surface area contributed by atoms with Crippen LogP contribution in [0.1, 0.15) is 15.9 Å². The fourth-order valence-electron chi connectivity index (χ4n) is 2.48. The number of rotatable bonds is 4. The summed E-state index contributed by atoms with van der Waals surface area (Å²) in [6, 6.07) is 18.2. The third kappa shape index (κ3) is 3.13. The van der Waals surface area contributed by atoms with Gasteiger partial charge in [0.15, 0.2) is 0 Å². The monoisotopic (exact) mass is 319 g/mol. The number of benzene rings is 2. The topological polar surface area (TPSA) is 48.4 Å². The molecule has 4 nitrogen and oxygen atoms in total. The van der Waals surface area contributed by atoms with Gasteiger partial charge >= 0.3 is 5.97 Å². The fourth-order valence-corrected chi connectivity index (χ4v) is 2.48. The molecule has 0 aliphatic heterocycles. The van der Waals surface area contributed by atoms with E-state index in [0.717, 1.165) is 16.8 Å². The van der Waals surface area contributed by atoms with E-state index in [1.54, 1.807) is 37.6 Å². The number of nitrogens with zero attached hydrogens (tertiary/aromatic N) is 1. The largest absolute Gasteiger partial charge is 0.496 e. The minimum atomic E-state index is -0.413. The molecule has 0 fully saturated rings. The molecule has 1 heterocycles. The van der Waals surface area contributed by atoms with Crippen molar-refractivity contribution >= 4 is 5.97 Å². The lowest BCUT2D eigenvalue weighted by atomic mass is 10.0. The normalized spacial score (nSPS) is 10.2. The zero-order valence-electron chi connectivity index (χ0n) is 13.5. The molecule has 3 rings (SSSR count). The third-order valence-corrected chi connectivity index (χ3v) is 3.72. The molecule has 0 amide bonds. The van der Waals surface area contributed by atoms with E-state index in [1.807, 2.05) is 43.3 Å². The first-order chi connectivity index (χ1) is 11.7. The molecule has 0 radical (unpaired) electrons. The van der Waals surface area contributed by atoms with Crippen molar-refractivity contribution in [3.63, 3.8) is 0 Å². The Kier molecular flexibility index (Phi) is 4.57. The molecule has 0 aliphatic carbocycles. The van der Waals surface area contributed by atoms with E-state index in [4.69, 9.17) is 9.47 Å². The lowest BCUT2D eigenvalue weighted by molar-refractivity contribution is 0.0734. The Labute approximate surface area is 140 Å². The van der Waals surface area contributed by atoms with Gasteiger partial charge in [-0.25, -0.2) is 4.79 Å². The highest BCUT2D eigenvalue weighted by atomic mass is 16.5. The predicted octanol–water partition coefficient (Wildman–Crippen LogP) is 4.28. The number of methoxy groups -OCH3 is 1. The molecular formula is C20H17NO3. The summed E-state index contributed by atoms with van der Waals surface area (Å²) in [6.07, 6.45) is 1.71. The van der Waals surface area contributed by atoms with Gasteiger partial charge in [0, 0.05) is 17.3 Å². The number of ether oxygens (including phenoxy) is 2. The highest BCUT2D eigenvalue weighted by Crippen LogP contribution is 2.37. The first-order valence-corrected chi connectivity index (χ1v) is 7.57. The lowest BCUT2D eigenvalue weighted by Crippen LogP contribution is -2.10. The average Bonchev–Trinajstić information content (AvgIpc) is 2.64. The second kappa shape index (κ2) is 6.96. The molecule has 0 spiro atoms. The Morgan fingerprint density at radius 1 is 0.958 bits per heavy atom. The first-order valence-electron chi connectivity index (χ1n) is 7.57. The SMILES string of the molecule is COc1ccc(-c2ccccn2)c(OC(=O)c2ccccc2)c1C. The van der Waals surface area contributed by atoms with Gasteiger partial charge in [-0.1, -0.05) is 24.3 Å². The van der Waals surface area contributed by atoms with Crippen LogP contribution in [0.3, 0.4) is 0 Å².